The second-order valence-electron chi connectivity index (χ2n) is 5.92. The number of ether oxygens (including phenoxy) is 1. The summed E-state index contributed by atoms with van der Waals surface area (Å²) < 4.78 is 5.50. The molecule has 0 aromatic heterocycles. The van der Waals surface area contributed by atoms with Gasteiger partial charge in [-0.05, 0) is 38.8 Å². The first-order valence-corrected chi connectivity index (χ1v) is 7.27. The van der Waals surface area contributed by atoms with Crippen LogP contribution in [0.5, 0.6) is 0 Å². The Hall–Kier alpha value is -0.120. The van der Waals surface area contributed by atoms with Gasteiger partial charge in [0.25, 0.3) is 0 Å². The molecule has 0 radical (unpaired) electrons. The molecule has 1 saturated heterocycles. The van der Waals surface area contributed by atoms with Crippen molar-refractivity contribution in [2.24, 2.45) is 5.92 Å². The van der Waals surface area contributed by atoms with Gasteiger partial charge in [-0.15, -0.1) is 0 Å². The van der Waals surface area contributed by atoms with E-state index < -0.39 is 0 Å². The SMILES string of the molecule is CC1CCCC(N(C)CCC2COCCN2)C1. The first-order valence-electron chi connectivity index (χ1n) is 7.27. The maximum Gasteiger partial charge on any atom is 0.0620 e. The summed E-state index contributed by atoms with van der Waals surface area (Å²) >= 11 is 0. The van der Waals surface area contributed by atoms with Crippen molar-refractivity contribution in [1.29, 1.82) is 0 Å². The van der Waals surface area contributed by atoms with Gasteiger partial charge >= 0.3 is 0 Å². The minimum Gasteiger partial charge on any atom is -0.379 e. The maximum absolute atomic E-state index is 5.50. The average Bonchev–Trinajstić information content (AvgIpc) is 2.37. The van der Waals surface area contributed by atoms with E-state index in [-0.39, 0.29) is 0 Å². The molecule has 3 atom stereocenters. The van der Waals surface area contributed by atoms with Crippen LogP contribution in [0.2, 0.25) is 0 Å². The van der Waals surface area contributed by atoms with Crippen molar-refractivity contribution in [2.45, 2.75) is 51.1 Å². The lowest BCUT2D eigenvalue weighted by molar-refractivity contribution is 0.0668. The molecule has 0 spiro atoms. The number of morpholine rings is 1. The van der Waals surface area contributed by atoms with Crippen LogP contribution in [0.15, 0.2) is 0 Å². The summed E-state index contributed by atoms with van der Waals surface area (Å²) in [5.41, 5.74) is 0. The number of nitrogens with one attached hydrogen (secondary N) is 1. The van der Waals surface area contributed by atoms with E-state index in [9.17, 15) is 0 Å². The molecule has 0 amide bonds. The highest BCUT2D eigenvalue weighted by Crippen LogP contribution is 2.26. The van der Waals surface area contributed by atoms with Crippen LogP contribution < -0.4 is 5.32 Å². The highest BCUT2D eigenvalue weighted by atomic mass is 16.5. The van der Waals surface area contributed by atoms with Gasteiger partial charge in [-0.3, -0.25) is 0 Å². The van der Waals surface area contributed by atoms with Gasteiger partial charge in [-0.2, -0.15) is 0 Å². The fourth-order valence-electron chi connectivity index (χ4n) is 3.15. The van der Waals surface area contributed by atoms with Crippen LogP contribution >= 0.6 is 0 Å². The quantitative estimate of drug-likeness (QED) is 0.812. The Balaban J connectivity index is 1.67. The molecule has 2 aliphatic rings. The van der Waals surface area contributed by atoms with Crippen LogP contribution in [0.3, 0.4) is 0 Å². The van der Waals surface area contributed by atoms with Gasteiger partial charge in [0, 0.05) is 18.6 Å². The van der Waals surface area contributed by atoms with Crippen molar-refractivity contribution in [3.63, 3.8) is 0 Å². The molecular weight excluding hydrogens is 212 g/mol. The number of hydrogen-bond acceptors (Lipinski definition) is 3. The van der Waals surface area contributed by atoms with Crippen molar-refractivity contribution < 1.29 is 4.74 Å². The minimum absolute atomic E-state index is 0.576. The van der Waals surface area contributed by atoms with Crippen LogP contribution in [-0.4, -0.2) is 50.3 Å². The van der Waals surface area contributed by atoms with Gasteiger partial charge in [0.15, 0.2) is 0 Å². The summed E-state index contributed by atoms with van der Waals surface area (Å²) in [5, 5.41) is 3.53. The van der Waals surface area contributed by atoms with Crippen molar-refractivity contribution in [2.75, 3.05) is 33.4 Å². The minimum atomic E-state index is 0.576. The molecule has 1 heterocycles. The Morgan fingerprint density at radius 3 is 2.94 bits per heavy atom. The van der Waals surface area contributed by atoms with Crippen LogP contribution in [-0.2, 0) is 4.74 Å². The predicted octanol–water partition coefficient (Wildman–Crippen LogP) is 1.88. The summed E-state index contributed by atoms with van der Waals surface area (Å²) in [6, 6.07) is 1.40. The fourth-order valence-corrected chi connectivity index (χ4v) is 3.15. The highest BCUT2D eigenvalue weighted by molar-refractivity contribution is 4.79. The van der Waals surface area contributed by atoms with Crippen molar-refractivity contribution in [3.05, 3.63) is 0 Å². The van der Waals surface area contributed by atoms with Crippen LogP contribution in [0, 0.1) is 5.92 Å². The molecule has 2 rings (SSSR count). The average molecular weight is 240 g/mol. The second kappa shape index (κ2) is 6.72. The summed E-state index contributed by atoms with van der Waals surface area (Å²) in [5.74, 6) is 0.923. The monoisotopic (exact) mass is 240 g/mol. The summed E-state index contributed by atoms with van der Waals surface area (Å²) in [6.45, 7) is 6.41. The third kappa shape index (κ3) is 4.23. The molecule has 100 valence electrons. The molecule has 0 aromatic carbocycles. The molecule has 1 aliphatic carbocycles. The van der Waals surface area contributed by atoms with E-state index in [1.54, 1.807) is 0 Å². The molecule has 2 fully saturated rings. The Bertz CT molecular complexity index is 216. The zero-order valence-corrected chi connectivity index (χ0v) is 11.5. The van der Waals surface area contributed by atoms with E-state index in [0.717, 1.165) is 31.7 Å². The normalized spacial score (nSPS) is 35.1. The van der Waals surface area contributed by atoms with Crippen LogP contribution in [0.25, 0.3) is 0 Å². The van der Waals surface area contributed by atoms with Gasteiger partial charge in [-0.25, -0.2) is 0 Å². The van der Waals surface area contributed by atoms with Gasteiger partial charge in [0.2, 0.25) is 0 Å². The Kier molecular flexibility index (Phi) is 5.26. The van der Waals surface area contributed by atoms with Crippen molar-refractivity contribution in [3.8, 4) is 0 Å². The second-order valence-corrected chi connectivity index (χ2v) is 5.92. The molecule has 0 bridgehead atoms. The first kappa shape index (κ1) is 13.3. The van der Waals surface area contributed by atoms with Gasteiger partial charge in [0.05, 0.1) is 13.2 Å². The molecule has 1 saturated carbocycles. The smallest absolute Gasteiger partial charge is 0.0620 e. The highest BCUT2D eigenvalue weighted by Gasteiger charge is 2.23. The van der Waals surface area contributed by atoms with Gasteiger partial charge in [-0.1, -0.05) is 19.8 Å². The van der Waals surface area contributed by atoms with Crippen molar-refractivity contribution in [1.82, 2.24) is 10.2 Å². The molecule has 3 nitrogen and oxygen atoms in total. The predicted molar refractivity (Wildman–Crippen MR) is 71.3 cm³/mol. The van der Waals surface area contributed by atoms with Crippen molar-refractivity contribution >= 4 is 0 Å². The Morgan fingerprint density at radius 1 is 1.35 bits per heavy atom. The number of hydrogen-bond donors (Lipinski definition) is 1. The third-order valence-electron chi connectivity index (χ3n) is 4.36. The molecule has 17 heavy (non-hydrogen) atoms. The lowest BCUT2D eigenvalue weighted by atomic mass is 9.86. The van der Waals surface area contributed by atoms with E-state index in [1.807, 2.05) is 0 Å². The van der Waals surface area contributed by atoms with E-state index in [4.69, 9.17) is 4.74 Å². The lowest BCUT2D eigenvalue weighted by Crippen LogP contribution is -2.44. The summed E-state index contributed by atoms with van der Waals surface area (Å²) in [4.78, 5) is 2.58. The summed E-state index contributed by atoms with van der Waals surface area (Å²) in [7, 11) is 2.30. The van der Waals surface area contributed by atoms with E-state index in [0.29, 0.717) is 6.04 Å². The Morgan fingerprint density at radius 2 is 2.24 bits per heavy atom. The topological polar surface area (TPSA) is 24.5 Å². The zero-order chi connectivity index (χ0) is 12.1. The van der Waals surface area contributed by atoms with E-state index >= 15 is 0 Å². The number of rotatable bonds is 4. The molecule has 0 aromatic rings. The molecule has 1 N–H and O–H groups in total. The first-order chi connectivity index (χ1) is 8.25. The fraction of sp³-hybridized carbons (Fsp3) is 1.00. The number of nitrogens with zero attached hydrogens (tertiary/aromatic N) is 1. The standard InChI is InChI=1S/C14H28N2O/c1-12-4-3-5-14(10-12)16(2)8-6-13-11-17-9-7-15-13/h12-15H,3-11H2,1-2H3. The van der Waals surface area contributed by atoms with Gasteiger partial charge in [0.1, 0.15) is 0 Å². The largest absolute Gasteiger partial charge is 0.379 e. The van der Waals surface area contributed by atoms with Gasteiger partial charge < -0.3 is 15.0 Å². The molecule has 3 heteroatoms. The Labute approximate surface area is 106 Å². The zero-order valence-electron chi connectivity index (χ0n) is 11.5. The summed E-state index contributed by atoms with van der Waals surface area (Å²) in [6.07, 6.45) is 6.87. The van der Waals surface area contributed by atoms with Crippen LogP contribution in [0.4, 0.5) is 0 Å². The maximum atomic E-state index is 5.50. The van der Waals surface area contributed by atoms with Crippen LogP contribution in [0.1, 0.15) is 39.0 Å². The lowest BCUT2D eigenvalue weighted by Gasteiger charge is -2.35. The third-order valence-corrected chi connectivity index (χ3v) is 4.36. The molecular formula is C14H28N2O. The van der Waals surface area contributed by atoms with E-state index in [1.165, 1.54) is 38.6 Å². The molecule has 1 aliphatic heterocycles. The van der Waals surface area contributed by atoms with E-state index in [2.05, 4.69) is 24.2 Å². The molecule has 3 unspecified atom stereocenters.